The summed E-state index contributed by atoms with van der Waals surface area (Å²) < 4.78 is 41.1. The van der Waals surface area contributed by atoms with Crippen molar-refractivity contribution in [2.45, 2.75) is 38.8 Å². The predicted molar refractivity (Wildman–Crippen MR) is 126 cm³/mol. The molecule has 1 aliphatic heterocycles. The fourth-order valence-corrected chi connectivity index (χ4v) is 5.14. The first-order valence-electron chi connectivity index (χ1n) is 11.0. The predicted octanol–water partition coefficient (Wildman–Crippen LogP) is 7.36. The summed E-state index contributed by atoms with van der Waals surface area (Å²) in [7, 11) is 1.71. The average Bonchev–Trinajstić information content (AvgIpc) is 3.10. The Bertz CT molecular complexity index is 1190. The lowest BCUT2D eigenvalue weighted by Crippen LogP contribution is -2.38. The number of fused-ring (bicyclic) bond motifs is 1. The van der Waals surface area contributed by atoms with Crippen molar-refractivity contribution in [1.29, 1.82) is 0 Å². The molecule has 8 heteroatoms. The molecule has 3 nitrogen and oxygen atoms in total. The lowest BCUT2D eigenvalue weighted by atomic mass is 9.94. The third kappa shape index (κ3) is 4.73. The van der Waals surface area contributed by atoms with Crippen LogP contribution in [0.4, 0.5) is 13.2 Å². The Labute approximate surface area is 201 Å². The lowest BCUT2D eigenvalue weighted by molar-refractivity contribution is -0.137. The highest BCUT2D eigenvalue weighted by Crippen LogP contribution is 2.35. The van der Waals surface area contributed by atoms with E-state index in [1.165, 1.54) is 6.07 Å². The van der Waals surface area contributed by atoms with E-state index in [9.17, 15) is 18.0 Å². The van der Waals surface area contributed by atoms with E-state index in [4.69, 9.17) is 23.2 Å². The molecule has 1 aliphatic rings. The molecule has 1 aromatic heterocycles. The van der Waals surface area contributed by atoms with Gasteiger partial charge in [0.25, 0.3) is 5.91 Å². The molecule has 0 atom stereocenters. The zero-order valence-electron chi connectivity index (χ0n) is 18.5. The molecule has 0 saturated carbocycles. The maximum absolute atomic E-state index is 13.2. The summed E-state index contributed by atoms with van der Waals surface area (Å²) in [6, 6.07) is 8.82. The third-order valence-electron chi connectivity index (χ3n) is 6.73. The van der Waals surface area contributed by atoms with Crippen LogP contribution in [0.15, 0.2) is 36.4 Å². The van der Waals surface area contributed by atoms with Crippen LogP contribution in [0.2, 0.25) is 10.0 Å². The molecule has 0 aliphatic carbocycles. The molecule has 2 aromatic carbocycles. The molecule has 1 amide bonds. The number of halogens is 5. The summed E-state index contributed by atoms with van der Waals surface area (Å²) in [4.78, 5) is 15.0. The number of carbonyl (C=O) groups excluding carboxylic acids is 1. The van der Waals surface area contributed by atoms with Crippen molar-refractivity contribution in [2.24, 2.45) is 13.0 Å². The van der Waals surface area contributed by atoms with Crippen molar-refractivity contribution in [3.63, 3.8) is 0 Å². The van der Waals surface area contributed by atoms with Crippen LogP contribution in [-0.2, 0) is 19.6 Å². The molecule has 0 unspecified atom stereocenters. The van der Waals surface area contributed by atoms with Crippen molar-refractivity contribution in [2.75, 3.05) is 13.1 Å². The van der Waals surface area contributed by atoms with E-state index in [1.54, 1.807) is 23.7 Å². The van der Waals surface area contributed by atoms with Crippen molar-refractivity contribution >= 4 is 40.0 Å². The highest BCUT2D eigenvalue weighted by Gasteiger charge is 2.31. The Hall–Kier alpha value is -2.18. The zero-order valence-corrected chi connectivity index (χ0v) is 20.0. The second kappa shape index (κ2) is 9.22. The van der Waals surface area contributed by atoms with Gasteiger partial charge in [0.2, 0.25) is 0 Å². The van der Waals surface area contributed by atoms with E-state index in [1.807, 2.05) is 11.0 Å². The summed E-state index contributed by atoms with van der Waals surface area (Å²) in [6.45, 7) is 3.58. The second-order valence-corrected chi connectivity index (χ2v) is 9.46. The Morgan fingerprint density at radius 1 is 1.09 bits per heavy atom. The lowest BCUT2D eigenvalue weighted by Gasteiger charge is -2.32. The van der Waals surface area contributed by atoms with Crippen molar-refractivity contribution in [3.8, 4) is 0 Å². The Balaban J connectivity index is 1.64. The van der Waals surface area contributed by atoms with Crippen molar-refractivity contribution in [1.82, 2.24) is 9.47 Å². The second-order valence-electron chi connectivity index (χ2n) is 8.67. The standard InChI is InChI=1S/C25H25Cl2F3N2O/c1-3-15-8-10-32(11-9-15)24(33)19-6-7-21(26)20(23(19)27)14-18-12-16-4-5-17(25(28,29)30)13-22(16)31(18)2/h4-7,12-13,15H,3,8-11,14H2,1-2H3. The van der Waals surface area contributed by atoms with E-state index >= 15 is 0 Å². The number of amides is 1. The van der Waals surface area contributed by atoms with E-state index in [0.717, 1.165) is 37.1 Å². The largest absolute Gasteiger partial charge is 0.416 e. The quantitative estimate of drug-likeness (QED) is 0.370. The van der Waals surface area contributed by atoms with Gasteiger partial charge in [0.15, 0.2) is 0 Å². The fourth-order valence-electron chi connectivity index (χ4n) is 4.55. The van der Waals surface area contributed by atoms with Gasteiger partial charge >= 0.3 is 6.18 Å². The maximum atomic E-state index is 13.2. The van der Waals surface area contributed by atoms with Crippen LogP contribution in [0, 0.1) is 5.92 Å². The molecule has 3 aromatic rings. The maximum Gasteiger partial charge on any atom is 0.416 e. The molecule has 1 saturated heterocycles. The van der Waals surface area contributed by atoms with Gasteiger partial charge in [0, 0.05) is 42.8 Å². The molecule has 2 heterocycles. The van der Waals surface area contributed by atoms with Gasteiger partial charge in [0.05, 0.1) is 16.1 Å². The first kappa shape index (κ1) is 24.0. The van der Waals surface area contributed by atoms with Crippen LogP contribution in [0.3, 0.4) is 0 Å². The summed E-state index contributed by atoms with van der Waals surface area (Å²) in [5, 5.41) is 1.41. The number of likely N-dealkylation sites (tertiary alicyclic amines) is 1. The highest BCUT2D eigenvalue weighted by atomic mass is 35.5. The topological polar surface area (TPSA) is 25.2 Å². The van der Waals surface area contributed by atoms with Gasteiger partial charge in [-0.2, -0.15) is 13.2 Å². The van der Waals surface area contributed by atoms with E-state index in [-0.39, 0.29) is 5.91 Å². The summed E-state index contributed by atoms with van der Waals surface area (Å²) >= 11 is 13.1. The van der Waals surface area contributed by atoms with Crippen LogP contribution in [0.5, 0.6) is 0 Å². The normalized spacial score (nSPS) is 15.4. The molecule has 4 rings (SSSR count). The summed E-state index contributed by atoms with van der Waals surface area (Å²) in [5.74, 6) is 0.536. The van der Waals surface area contributed by atoms with Crippen LogP contribution < -0.4 is 0 Å². The van der Waals surface area contributed by atoms with Gasteiger partial charge in [-0.3, -0.25) is 4.79 Å². The monoisotopic (exact) mass is 496 g/mol. The number of carbonyl (C=O) groups is 1. The Morgan fingerprint density at radius 2 is 1.79 bits per heavy atom. The number of hydrogen-bond acceptors (Lipinski definition) is 1. The molecule has 1 fully saturated rings. The number of alkyl halides is 3. The van der Waals surface area contributed by atoms with Gasteiger partial charge in [-0.25, -0.2) is 0 Å². The SMILES string of the molecule is CCC1CCN(C(=O)c2ccc(Cl)c(Cc3cc4ccc(C(F)(F)F)cc4n3C)c2Cl)CC1. The molecular formula is C25H25Cl2F3N2O. The van der Waals surface area contributed by atoms with E-state index in [0.29, 0.717) is 57.5 Å². The molecule has 0 spiro atoms. The first-order chi connectivity index (χ1) is 15.6. The zero-order chi connectivity index (χ0) is 23.9. The number of nitrogens with zero attached hydrogens (tertiary/aromatic N) is 2. The number of piperidine rings is 1. The van der Waals surface area contributed by atoms with Gasteiger partial charge in [-0.15, -0.1) is 0 Å². The number of benzene rings is 2. The molecule has 0 bridgehead atoms. The van der Waals surface area contributed by atoms with Crippen LogP contribution >= 0.6 is 23.2 Å². The summed E-state index contributed by atoms with van der Waals surface area (Å²) in [5.41, 5.74) is 1.52. The van der Waals surface area contributed by atoms with E-state index in [2.05, 4.69) is 6.92 Å². The van der Waals surface area contributed by atoms with Crippen LogP contribution in [0.25, 0.3) is 10.9 Å². The highest BCUT2D eigenvalue weighted by molar-refractivity contribution is 6.38. The van der Waals surface area contributed by atoms with E-state index < -0.39 is 11.7 Å². The molecule has 0 radical (unpaired) electrons. The van der Waals surface area contributed by atoms with Gasteiger partial charge in [-0.1, -0.05) is 42.6 Å². The first-order valence-corrected chi connectivity index (χ1v) is 11.8. The number of aromatic nitrogens is 1. The van der Waals surface area contributed by atoms with Crippen molar-refractivity contribution in [3.05, 3.63) is 68.8 Å². The fraction of sp³-hybridized carbons (Fsp3) is 0.400. The number of rotatable bonds is 4. The van der Waals surface area contributed by atoms with Gasteiger partial charge < -0.3 is 9.47 Å². The third-order valence-corrected chi connectivity index (χ3v) is 7.51. The van der Waals surface area contributed by atoms with Gasteiger partial charge in [0.1, 0.15) is 0 Å². The molecule has 0 N–H and O–H groups in total. The van der Waals surface area contributed by atoms with Crippen LogP contribution in [-0.4, -0.2) is 28.5 Å². The van der Waals surface area contributed by atoms with Gasteiger partial charge in [-0.05, 0) is 60.0 Å². The minimum atomic E-state index is -4.41. The molecular weight excluding hydrogens is 472 g/mol. The smallest absolute Gasteiger partial charge is 0.347 e. The number of aryl methyl sites for hydroxylation is 1. The molecule has 176 valence electrons. The van der Waals surface area contributed by atoms with Crippen LogP contribution in [0.1, 0.15) is 53.4 Å². The number of hydrogen-bond donors (Lipinski definition) is 0. The minimum absolute atomic E-state index is 0.112. The molecule has 33 heavy (non-hydrogen) atoms. The Kier molecular flexibility index (Phi) is 6.70. The van der Waals surface area contributed by atoms with Crippen molar-refractivity contribution < 1.29 is 18.0 Å². The average molecular weight is 497 g/mol. The summed E-state index contributed by atoms with van der Waals surface area (Å²) in [6.07, 6.45) is -1.04. The minimum Gasteiger partial charge on any atom is -0.347 e. The Morgan fingerprint density at radius 3 is 2.42 bits per heavy atom.